The Morgan fingerprint density at radius 3 is 2.50 bits per heavy atom. The molecule has 148 valence electrons. The van der Waals surface area contributed by atoms with Gasteiger partial charge >= 0.3 is 0 Å². The van der Waals surface area contributed by atoms with E-state index in [0.29, 0.717) is 38.2 Å². The van der Waals surface area contributed by atoms with Gasteiger partial charge in [-0.05, 0) is 43.0 Å². The molecule has 1 N–H and O–H groups in total. The summed E-state index contributed by atoms with van der Waals surface area (Å²) in [7, 11) is 1.64. The number of amides is 1. The number of nitrogens with one attached hydrogen (secondary N) is 1. The van der Waals surface area contributed by atoms with Gasteiger partial charge in [-0.25, -0.2) is 0 Å². The van der Waals surface area contributed by atoms with Gasteiger partial charge in [-0.2, -0.15) is 0 Å². The van der Waals surface area contributed by atoms with Gasteiger partial charge < -0.3 is 15.0 Å². The average Bonchev–Trinajstić information content (AvgIpc) is 2.74. The van der Waals surface area contributed by atoms with Gasteiger partial charge in [-0.3, -0.25) is 14.9 Å². The number of para-hydroxylation sites is 2. The highest BCUT2D eigenvalue weighted by Gasteiger charge is 2.27. The molecular weight excluding hydrogens is 358 g/mol. The minimum atomic E-state index is -0.354. The Bertz CT molecular complexity index is 815. The number of nitro benzene ring substituents is 1. The van der Waals surface area contributed by atoms with Crippen molar-refractivity contribution in [2.45, 2.75) is 19.3 Å². The third kappa shape index (κ3) is 4.79. The second-order valence-electron chi connectivity index (χ2n) is 6.90. The number of hydrogen-bond donors (Lipinski definition) is 1. The largest absolute Gasteiger partial charge is 0.497 e. The van der Waals surface area contributed by atoms with E-state index in [1.54, 1.807) is 25.3 Å². The topological polar surface area (TPSA) is 84.7 Å². The minimum absolute atomic E-state index is 0.0464. The molecule has 1 fully saturated rings. The molecule has 0 aromatic heterocycles. The molecule has 1 aliphatic rings. The summed E-state index contributed by atoms with van der Waals surface area (Å²) in [6.45, 7) is 1.87. The Labute approximate surface area is 164 Å². The van der Waals surface area contributed by atoms with E-state index in [2.05, 4.69) is 5.32 Å². The fourth-order valence-corrected chi connectivity index (χ4v) is 3.54. The van der Waals surface area contributed by atoms with E-state index in [9.17, 15) is 14.9 Å². The summed E-state index contributed by atoms with van der Waals surface area (Å²) in [4.78, 5) is 25.3. The van der Waals surface area contributed by atoms with Crippen LogP contribution < -0.4 is 15.0 Å². The lowest BCUT2D eigenvalue weighted by molar-refractivity contribution is -0.384. The molecule has 0 atom stereocenters. The maximum atomic E-state index is 12.4. The summed E-state index contributed by atoms with van der Waals surface area (Å²) in [5.41, 5.74) is 1.89. The molecule has 0 aliphatic carbocycles. The number of piperidine rings is 1. The Hall–Kier alpha value is -3.09. The van der Waals surface area contributed by atoms with Crippen molar-refractivity contribution in [2.24, 2.45) is 5.92 Å². The summed E-state index contributed by atoms with van der Waals surface area (Å²) < 4.78 is 5.14. The monoisotopic (exact) mass is 383 g/mol. The molecule has 3 rings (SSSR count). The van der Waals surface area contributed by atoms with Crippen LogP contribution in [-0.4, -0.2) is 37.6 Å². The van der Waals surface area contributed by atoms with E-state index in [-0.39, 0.29) is 22.4 Å². The maximum absolute atomic E-state index is 12.4. The molecule has 0 saturated carbocycles. The number of anilines is 1. The van der Waals surface area contributed by atoms with Gasteiger partial charge in [0, 0.05) is 31.6 Å². The number of methoxy groups -OCH3 is 1. The van der Waals surface area contributed by atoms with Crippen LogP contribution in [0.15, 0.2) is 48.5 Å². The Morgan fingerprint density at radius 1 is 1.18 bits per heavy atom. The summed E-state index contributed by atoms with van der Waals surface area (Å²) in [5, 5.41) is 14.2. The second kappa shape index (κ2) is 9.21. The van der Waals surface area contributed by atoms with Gasteiger partial charge in [0.2, 0.25) is 5.91 Å². The average molecular weight is 383 g/mol. The van der Waals surface area contributed by atoms with Gasteiger partial charge in [0.15, 0.2) is 0 Å². The predicted octanol–water partition coefficient (Wildman–Crippen LogP) is 3.18. The Balaban J connectivity index is 1.46. The van der Waals surface area contributed by atoms with Crippen molar-refractivity contribution in [2.75, 3.05) is 31.6 Å². The highest BCUT2D eigenvalue weighted by molar-refractivity contribution is 5.79. The number of carbonyl (C=O) groups excluding carboxylic acids is 1. The third-order valence-electron chi connectivity index (χ3n) is 5.16. The first kappa shape index (κ1) is 19.7. The molecule has 0 radical (unpaired) electrons. The minimum Gasteiger partial charge on any atom is -0.497 e. The predicted molar refractivity (Wildman–Crippen MR) is 108 cm³/mol. The lowest BCUT2D eigenvalue weighted by Crippen LogP contribution is -2.41. The zero-order valence-electron chi connectivity index (χ0n) is 16.0. The van der Waals surface area contributed by atoms with E-state index >= 15 is 0 Å². The van der Waals surface area contributed by atoms with Crippen molar-refractivity contribution >= 4 is 17.3 Å². The third-order valence-corrected chi connectivity index (χ3v) is 5.16. The van der Waals surface area contributed by atoms with E-state index in [4.69, 9.17) is 4.74 Å². The molecule has 2 aromatic rings. The van der Waals surface area contributed by atoms with E-state index < -0.39 is 0 Å². The zero-order chi connectivity index (χ0) is 19.9. The number of ether oxygens (including phenoxy) is 1. The first-order chi connectivity index (χ1) is 13.6. The normalized spacial score (nSPS) is 14.5. The molecule has 1 aliphatic heterocycles. The van der Waals surface area contributed by atoms with Crippen LogP contribution in [0.4, 0.5) is 11.4 Å². The van der Waals surface area contributed by atoms with E-state index in [1.165, 1.54) is 6.07 Å². The molecule has 1 saturated heterocycles. The smallest absolute Gasteiger partial charge is 0.292 e. The van der Waals surface area contributed by atoms with E-state index in [1.807, 2.05) is 29.2 Å². The Kier molecular flexibility index (Phi) is 6.47. The maximum Gasteiger partial charge on any atom is 0.292 e. The van der Waals surface area contributed by atoms with Crippen LogP contribution in [0.5, 0.6) is 5.75 Å². The number of rotatable bonds is 7. The van der Waals surface area contributed by atoms with Crippen LogP contribution >= 0.6 is 0 Å². The van der Waals surface area contributed by atoms with E-state index in [0.717, 1.165) is 17.7 Å². The van der Waals surface area contributed by atoms with Crippen molar-refractivity contribution in [3.63, 3.8) is 0 Å². The van der Waals surface area contributed by atoms with Crippen LogP contribution in [0.1, 0.15) is 18.4 Å². The molecule has 2 aromatic carbocycles. The van der Waals surface area contributed by atoms with Gasteiger partial charge in [-0.1, -0.05) is 24.3 Å². The van der Waals surface area contributed by atoms with Crippen molar-refractivity contribution in [3.8, 4) is 5.75 Å². The van der Waals surface area contributed by atoms with Crippen molar-refractivity contribution in [1.82, 2.24) is 5.32 Å². The fourth-order valence-electron chi connectivity index (χ4n) is 3.54. The number of nitrogens with zero attached hydrogens (tertiary/aromatic N) is 2. The van der Waals surface area contributed by atoms with Crippen molar-refractivity contribution in [1.29, 1.82) is 0 Å². The Morgan fingerprint density at radius 2 is 1.86 bits per heavy atom. The summed E-state index contributed by atoms with van der Waals surface area (Å²) in [6, 6.07) is 14.6. The quantitative estimate of drug-likeness (QED) is 0.586. The number of carbonyl (C=O) groups is 1. The molecule has 28 heavy (non-hydrogen) atoms. The van der Waals surface area contributed by atoms with Gasteiger partial charge in [0.1, 0.15) is 11.4 Å². The second-order valence-corrected chi connectivity index (χ2v) is 6.90. The highest BCUT2D eigenvalue weighted by atomic mass is 16.6. The highest BCUT2D eigenvalue weighted by Crippen LogP contribution is 2.31. The molecule has 1 heterocycles. The van der Waals surface area contributed by atoms with Crippen LogP contribution in [0, 0.1) is 16.0 Å². The molecule has 0 unspecified atom stereocenters. The van der Waals surface area contributed by atoms with Gasteiger partial charge in [0.05, 0.1) is 12.0 Å². The van der Waals surface area contributed by atoms with Gasteiger partial charge in [-0.15, -0.1) is 0 Å². The van der Waals surface area contributed by atoms with Crippen LogP contribution in [0.2, 0.25) is 0 Å². The standard InChI is InChI=1S/C21H25N3O4/c1-28-18-8-6-16(7-9-18)10-13-22-21(25)17-11-14-23(15-12-17)19-4-2-3-5-20(19)24(26)27/h2-9,17H,10-15H2,1H3,(H,22,25). The molecular formula is C21H25N3O4. The number of hydrogen-bond acceptors (Lipinski definition) is 5. The molecule has 7 heteroatoms. The van der Waals surface area contributed by atoms with Crippen LogP contribution in [0.25, 0.3) is 0 Å². The molecule has 0 bridgehead atoms. The molecule has 7 nitrogen and oxygen atoms in total. The first-order valence-corrected chi connectivity index (χ1v) is 9.47. The zero-order valence-corrected chi connectivity index (χ0v) is 16.0. The van der Waals surface area contributed by atoms with Crippen molar-refractivity contribution in [3.05, 3.63) is 64.2 Å². The first-order valence-electron chi connectivity index (χ1n) is 9.47. The molecule has 0 spiro atoms. The summed E-state index contributed by atoms with van der Waals surface area (Å²) in [6.07, 6.45) is 2.16. The number of nitro groups is 1. The lowest BCUT2D eigenvalue weighted by atomic mass is 9.95. The van der Waals surface area contributed by atoms with Gasteiger partial charge in [0.25, 0.3) is 5.69 Å². The van der Waals surface area contributed by atoms with Crippen molar-refractivity contribution < 1.29 is 14.5 Å². The SMILES string of the molecule is COc1ccc(CCNC(=O)C2CCN(c3ccccc3[N+](=O)[O-])CC2)cc1. The summed E-state index contributed by atoms with van der Waals surface area (Å²) >= 11 is 0. The molecule has 1 amide bonds. The lowest BCUT2D eigenvalue weighted by Gasteiger charge is -2.32. The van der Waals surface area contributed by atoms with Crippen LogP contribution in [0.3, 0.4) is 0 Å². The summed E-state index contributed by atoms with van der Waals surface area (Å²) in [5.74, 6) is 0.837. The fraction of sp³-hybridized carbons (Fsp3) is 0.381. The van der Waals surface area contributed by atoms with Crippen LogP contribution in [-0.2, 0) is 11.2 Å². The number of benzene rings is 2.